The van der Waals surface area contributed by atoms with E-state index >= 15 is 0 Å². The van der Waals surface area contributed by atoms with Crippen LogP contribution in [-0.2, 0) is 13.1 Å². The van der Waals surface area contributed by atoms with Crippen molar-refractivity contribution in [3.05, 3.63) is 204 Å². The third-order valence-corrected chi connectivity index (χ3v) is 12.8. The third kappa shape index (κ3) is 6.10. The van der Waals surface area contributed by atoms with Crippen molar-refractivity contribution in [3.8, 4) is 22.6 Å². The van der Waals surface area contributed by atoms with Crippen LogP contribution in [0.25, 0.3) is 54.7 Å². The van der Waals surface area contributed by atoms with Crippen LogP contribution in [0.3, 0.4) is 0 Å². The lowest BCUT2D eigenvalue weighted by molar-refractivity contribution is 0.0909. The highest BCUT2D eigenvalue weighted by Gasteiger charge is 2.39. The summed E-state index contributed by atoms with van der Waals surface area (Å²) in [5.74, 6) is -1.05. The molecule has 0 saturated heterocycles. The Morgan fingerprint density at radius 1 is 0.333 bits per heavy atom. The van der Waals surface area contributed by atoms with E-state index in [1.54, 1.807) is 60.7 Å². The first-order valence-corrected chi connectivity index (χ1v) is 21.9. The third-order valence-electron chi connectivity index (χ3n) is 12.8. The molecule has 2 aromatic heterocycles. The minimum Gasteiger partial charge on any atom is -0.490 e. The summed E-state index contributed by atoms with van der Waals surface area (Å²) in [6.07, 6.45) is 0. The van der Waals surface area contributed by atoms with Gasteiger partial charge in [-0.25, -0.2) is 9.80 Å². The van der Waals surface area contributed by atoms with Gasteiger partial charge in [-0.15, -0.1) is 0 Å². The Morgan fingerprint density at radius 2 is 0.621 bits per heavy atom. The SMILES string of the molecule is O=C1c2ccccc2C(=O)N1c1ccc(-c2ccc(N3C(=O)c4ccccc4C3=O)c(OCCn3c4ccccc4c4ccccc43)c2)cc1OCCn1c2ccccc2c2ccccc21. The van der Waals surface area contributed by atoms with Crippen molar-refractivity contribution in [2.45, 2.75) is 13.1 Å². The molecule has 0 unspecified atom stereocenters. The molecule has 318 valence electrons. The first kappa shape index (κ1) is 38.9. The summed E-state index contributed by atoms with van der Waals surface area (Å²) in [7, 11) is 0. The maximum atomic E-state index is 13.9. The predicted molar refractivity (Wildman–Crippen MR) is 257 cm³/mol. The zero-order valence-corrected chi connectivity index (χ0v) is 35.4. The number of rotatable bonds is 11. The van der Waals surface area contributed by atoms with Gasteiger partial charge in [-0.2, -0.15) is 0 Å². The molecule has 12 rings (SSSR count). The molecule has 4 heterocycles. The minimum absolute atomic E-state index is 0.220. The second kappa shape index (κ2) is 15.5. The molecule has 4 amide bonds. The van der Waals surface area contributed by atoms with Crippen LogP contribution in [0.15, 0.2) is 182 Å². The molecular formula is C56H38N4O6. The first-order chi connectivity index (χ1) is 32.4. The highest BCUT2D eigenvalue weighted by Crippen LogP contribution is 2.42. The lowest BCUT2D eigenvalue weighted by atomic mass is 10.0. The molecule has 2 aliphatic heterocycles. The lowest BCUT2D eigenvalue weighted by Crippen LogP contribution is -2.30. The maximum absolute atomic E-state index is 13.9. The van der Waals surface area contributed by atoms with E-state index in [1.165, 1.54) is 9.80 Å². The van der Waals surface area contributed by atoms with Gasteiger partial charge in [0.05, 0.1) is 46.7 Å². The minimum atomic E-state index is -0.431. The van der Waals surface area contributed by atoms with Crippen molar-refractivity contribution in [3.63, 3.8) is 0 Å². The molecule has 10 heteroatoms. The number of benzene rings is 8. The fourth-order valence-corrected chi connectivity index (χ4v) is 9.79. The number of aromatic nitrogens is 2. The second-order valence-electron chi connectivity index (χ2n) is 16.4. The highest BCUT2D eigenvalue weighted by molar-refractivity contribution is 6.35. The standard InChI is InChI=1S/C56H38N4O6/c61-53-41-17-1-2-18-42(41)54(62)59(53)49-27-25-35(33-51(49)65-31-29-57-45-21-9-5-13-37(45)38-14-6-10-22-46(38)57)36-26-28-50(60-55(63)43-19-3-4-20-44(43)56(60)64)52(34-36)66-32-30-58-47-23-11-7-15-39(47)40-16-8-12-24-48(40)58/h1-28,33-34H,29-32H2. The molecule has 0 aliphatic carbocycles. The van der Waals surface area contributed by atoms with Gasteiger partial charge in [0, 0.05) is 43.6 Å². The average molecular weight is 863 g/mol. The van der Waals surface area contributed by atoms with E-state index in [2.05, 4.69) is 57.7 Å². The summed E-state index contributed by atoms with van der Waals surface area (Å²) in [6, 6.07) is 57.4. The second-order valence-corrected chi connectivity index (χ2v) is 16.4. The van der Waals surface area contributed by atoms with Crippen LogP contribution in [0, 0.1) is 0 Å². The zero-order valence-electron chi connectivity index (χ0n) is 35.4. The van der Waals surface area contributed by atoms with E-state index in [0.717, 1.165) is 43.6 Å². The number of imide groups is 2. The van der Waals surface area contributed by atoms with E-state index in [0.29, 0.717) is 69.3 Å². The van der Waals surface area contributed by atoms with E-state index in [-0.39, 0.29) is 13.2 Å². The first-order valence-electron chi connectivity index (χ1n) is 21.9. The summed E-state index contributed by atoms with van der Waals surface area (Å²) < 4.78 is 17.7. The number of hydrogen-bond donors (Lipinski definition) is 0. The number of amides is 4. The number of fused-ring (bicyclic) bond motifs is 8. The van der Waals surface area contributed by atoms with Gasteiger partial charge in [0.1, 0.15) is 24.7 Å². The number of carbonyl (C=O) groups excluding carboxylic acids is 4. The van der Waals surface area contributed by atoms with Crippen molar-refractivity contribution in [1.29, 1.82) is 0 Å². The van der Waals surface area contributed by atoms with Gasteiger partial charge in [-0.05, 0) is 83.9 Å². The van der Waals surface area contributed by atoms with Gasteiger partial charge in [0.25, 0.3) is 23.6 Å². The fraction of sp³-hybridized carbons (Fsp3) is 0.0714. The van der Waals surface area contributed by atoms with Crippen LogP contribution in [0.5, 0.6) is 11.5 Å². The van der Waals surface area contributed by atoms with Crippen molar-refractivity contribution >= 4 is 78.6 Å². The predicted octanol–water partition coefficient (Wildman–Crippen LogP) is 11.3. The largest absolute Gasteiger partial charge is 0.490 e. The molecule has 10 aromatic rings. The average Bonchev–Trinajstić information content (AvgIpc) is 4.03. The molecule has 0 saturated carbocycles. The Hall–Kier alpha value is -8.76. The fourth-order valence-electron chi connectivity index (χ4n) is 9.79. The maximum Gasteiger partial charge on any atom is 0.266 e. The molecule has 66 heavy (non-hydrogen) atoms. The van der Waals surface area contributed by atoms with Crippen LogP contribution in [0.1, 0.15) is 41.4 Å². The number of hydrogen-bond acceptors (Lipinski definition) is 6. The quantitative estimate of drug-likeness (QED) is 0.120. The van der Waals surface area contributed by atoms with E-state index < -0.39 is 23.6 Å². The summed E-state index contributed by atoms with van der Waals surface area (Å²) in [6.45, 7) is 1.41. The molecule has 10 nitrogen and oxygen atoms in total. The number of para-hydroxylation sites is 4. The monoisotopic (exact) mass is 862 g/mol. The van der Waals surface area contributed by atoms with E-state index in [9.17, 15) is 19.2 Å². The molecule has 0 fully saturated rings. The van der Waals surface area contributed by atoms with Gasteiger partial charge in [0.15, 0.2) is 0 Å². The molecule has 8 aromatic carbocycles. The van der Waals surface area contributed by atoms with E-state index in [1.807, 2.05) is 72.8 Å². The summed E-state index contributed by atoms with van der Waals surface area (Å²) in [5.41, 5.74) is 7.62. The highest BCUT2D eigenvalue weighted by atomic mass is 16.5. The van der Waals surface area contributed by atoms with Crippen molar-refractivity contribution in [1.82, 2.24) is 9.13 Å². The van der Waals surface area contributed by atoms with Crippen LogP contribution in [-0.4, -0.2) is 46.0 Å². The van der Waals surface area contributed by atoms with Gasteiger partial charge < -0.3 is 18.6 Å². The number of carbonyl (C=O) groups is 4. The van der Waals surface area contributed by atoms with Crippen molar-refractivity contribution < 1.29 is 28.7 Å². The van der Waals surface area contributed by atoms with Gasteiger partial charge in [-0.3, -0.25) is 19.2 Å². The molecule has 0 spiro atoms. The zero-order chi connectivity index (χ0) is 44.5. The van der Waals surface area contributed by atoms with Crippen molar-refractivity contribution in [2.24, 2.45) is 0 Å². The van der Waals surface area contributed by atoms with Crippen molar-refractivity contribution in [2.75, 3.05) is 23.0 Å². The molecule has 0 atom stereocenters. The van der Waals surface area contributed by atoms with Gasteiger partial charge in [0.2, 0.25) is 0 Å². The summed E-state index contributed by atoms with van der Waals surface area (Å²) in [4.78, 5) is 58.0. The topological polar surface area (TPSA) is 103 Å². The molecule has 0 bridgehead atoms. The number of ether oxygens (including phenoxy) is 2. The normalized spacial score (nSPS) is 13.5. The molecular weight excluding hydrogens is 825 g/mol. The van der Waals surface area contributed by atoms with Gasteiger partial charge >= 0.3 is 0 Å². The van der Waals surface area contributed by atoms with Crippen LogP contribution >= 0.6 is 0 Å². The Morgan fingerprint density at radius 3 is 0.939 bits per heavy atom. The number of anilines is 2. The Kier molecular flexibility index (Phi) is 9.13. The van der Waals surface area contributed by atoms with E-state index in [4.69, 9.17) is 9.47 Å². The Balaban J connectivity index is 0.925. The lowest BCUT2D eigenvalue weighted by Gasteiger charge is -2.22. The van der Waals surface area contributed by atoms with Crippen LogP contribution in [0.4, 0.5) is 11.4 Å². The molecule has 2 aliphatic rings. The number of nitrogens with zero attached hydrogens (tertiary/aromatic N) is 4. The Bertz CT molecular complexity index is 3260. The smallest absolute Gasteiger partial charge is 0.266 e. The van der Waals surface area contributed by atoms with Crippen LogP contribution in [0.2, 0.25) is 0 Å². The molecule has 0 radical (unpaired) electrons. The van der Waals surface area contributed by atoms with Crippen LogP contribution < -0.4 is 19.3 Å². The molecule has 0 N–H and O–H groups in total. The summed E-state index contributed by atoms with van der Waals surface area (Å²) in [5, 5.41) is 4.55. The van der Waals surface area contributed by atoms with Gasteiger partial charge in [-0.1, -0.05) is 109 Å². The Labute approximate surface area is 378 Å². The summed E-state index contributed by atoms with van der Waals surface area (Å²) >= 11 is 0.